The van der Waals surface area contributed by atoms with Gasteiger partial charge >= 0.3 is 5.63 Å². The van der Waals surface area contributed by atoms with Crippen molar-refractivity contribution >= 4 is 34.3 Å². The minimum atomic E-state index is -0.400. The molecule has 0 spiro atoms. The van der Waals surface area contributed by atoms with E-state index < -0.39 is 5.63 Å². The average Bonchev–Trinajstić information content (AvgIpc) is 2.69. The zero-order valence-corrected chi connectivity index (χ0v) is 14.9. The Morgan fingerprint density at radius 2 is 1.81 bits per heavy atom. The van der Waals surface area contributed by atoms with Gasteiger partial charge in [0.2, 0.25) is 0 Å². The molecule has 0 fully saturated rings. The van der Waals surface area contributed by atoms with Crippen LogP contribution in [0, 0.1) is 0 Å². The van der Waals surface area contributed by atoms with Crippen LogP contribution in [0.5, 0.6) is 0 Å². The standard InChI is InChI=1S/C21H14N2O3S/c24-20-11-6-15-13-16(7-10-18(15)26-20)23-21(25)14-4-8-17(9-5-14)27-19-3-1-2-12-22-19/h1-13H,(H,23,25). The monoisotopic (exact) mass is 374 g/mol. The smallest absolute Gasteiger partial charge is 0.336 e. The summed E-state index contributed by atoms with van der Waals surface area (Å²) in [5.74, 6) is -0.207. The van der Waals surface area contributed by atoms with E-state index in [-0.39, 0.29) is 5.91 Å². The zero-order chi connectivity index (χ0) is 18.6. The molecule has 4 rings (SSSR count). The summed E-state index contributed by atoms with van der Waals surface area (Å²) < 4.78 is 5.09. The number of nitrogens with one attached hydrogen (secondary N) is 1. The van der Waals surface area contributed by atoms with Crippen molar-refractivity contribution in [3.63, 3.8) is 0 Å². The minimum Gasteiger partial charge on any atom is -0.423 e. The highest BCUT2D eigenvalue weighted by atomic mass is 32.2. The first-order valence-electron chi connectivity index (χ1n) is 8.22. The normalized spacial score (nSPS) is 10.7. The summed E-state index contributed by atoms with van der Waals surface area (Å²) in [5, 5.41) is 4.50. The summed E-state index contributed by atoms with van der Waals surface area (Å²) in [6, 6.07) is 21.2. The molecule has 5 nitrogen and oxygen atoms in total. The molecule has 2 aromatic carbocycles. The molecule has 132 valence electrons. The van der Waals surface area contributed by atoms with E-state index in [2.05, 4.69) is 10.3 Å². The Bertz CT molecular complexity index is 1160. The number of anilines is 1. The molecule has 0 aliphatic rings. The van der Waals surface area contributed by atoms with E-state index in [1.54, 1.807) is 42.6 Å². The molecule has 0 saturated heterocycles. The quantitative estimate of drug-likeness (QED) is 0.529. The Kier molecular flexibility index (Phi) is 4.72. The predicted octanol–water partition coefficient (Wildman–Crippen LogP) is 4.59. The average molecular weight is 374 g/mol. The molecule has 4 aromatic rings. The first kappa shape index (κ1) is 17.1. The second kappa shape index (κ2) is 7.47. The molecule has 0 aliphatic heterocycles. The van der Waals surface area contributed by atoms with E-state index in [0.717, 1.165) is 15.3 Å². The molecule has 2 aromatic heterocycles. The highest BCUT2D eigenvalue weighted by Crippen LogP contribution is 2.26. The molecule has 0 aliphatic carbocycles. The van der Waals surface area contributed by atoms with Crippen LogP contribution in [0.25, 0.3) is 11.0 Å². The number of hydrogen-bond acceptors (Lipinski definition) is 5. The number of carbonyl (C=O) groups excluding carboxylic acids is 1. The fourth-order valence-corrected chi connectivity index (χ4v) is 3.33. The van der Waals surface area contributed by atoms with E-state index in [0.29, 0.717) is 16.8 Å². The van der Waals surface area contributed by atoms with Gasteiger partial charge in [-0.15, -0.1) is 0 Å². The van der Waals surface area contributed by atoms with Gasteiger partial charge in [0.05, 0.1) is 0 Å². The van der Waals surface area contributed by atoms with Crippen molar-refractivity contribution in [1.29, 1.82) is 0 Å². The molecular weight excluding hydrogens is 360 g/mol. The fraction of sp³-hybridized carbons (Fsp3) is 0. The van der Waals surface area contributed by atoms with Crippen molar-refractivity contribution in [3.05, 3.63) is 95.0 Å². The third kappa shape index (κ3) is 4.07. The van der Waals surface area contributed by atoms with E-state index >= 15 is 0 Å². The number of carbonyl (C=O) groups is 1. The Hall–Kier alpha value is -3.38. The molecule has 0 unspecified atom stereocenters. The van der Waals surface area contributed by atoms with Gasteiger partial charge in [0.15, 0.2) is 0 Å². The van der Waals surface area contributed by atoms with Crippen LogP contribution in [0.1, 0.15) is 10.4 Å². The van der Waals surface area contributed by atoms with E-state index in [1.807, 2.05) is 30.3 Å². The third-order valence-electron chi connectivity index (χ3n) is 3.85. The van der Waals surface area contributed by atoms with Gasteiger partial charge in [0.25, 0.3) is 5.91 Å². The van der Waals surface area contributed by atoms with E-state index in [4.69, 9.17) is 4.42 Å². The van der Waals surface area contributed by atoms with Gasteiger partial charge < -0.3 is 9.73 Å². The van der Waals surface area contributed by atoms with Crippen LogP contribution in [0.4, 0.5) is 5.69 Å². The van der Waals surface area contributed by atoms with Crippen molar-refractivity contribution < 1.29 is 9.21 Å². The number of rotatable bonds is 4. The molecule has 1 amide bonds. The lowest BCUT2D eigenvalue weighted by Gasteiger charge is -2.07. The van der Waals surface area contributed by atoms with Crippen molar-refractivity contribution in [1.82, 2.24) is 4.98 Å². The molecule has 0 bridgehead atoms. The van der Waals surface area contributed by atoms with Crippen molar-refractivity contribution in [3.8, 4) is 0 Å². The van der Waals surface area contributed by atoms with Gasteiger partial charge in [-0.1, -0.05) is 17.8 Å². The highest BCUT2D eigenvalue weighted by Gasteiger charge is 2.08. The second-order valence-electron chi connectivity index (χ2n) is 5.76. The number of pyridine rings is 1. The summed E-state index contributed by atoms with van der Waals surface area (Å²) in [7, 11) is 0. The van der Waals surface area contributed by atoms with Crippen molar-refractivity contribution in [2.45, 2.75) is 9.92 Å². The Morgan fingerprint density at radius 3 is 2.59 bits per heavy atom. The summed E-state index contributed by atoms with van der Waals surface area (Å²) in [5.41, 5.74) is 1.27. The van der Waals surface area contributed by atoms with Crippen molar-refractivity contribution in [2.24, 2.45) is 0 Å². The second-order valence-corrected chi connectivity index (χ2v) is 6.85. The lowest BCUT2D eigenvalue weighted by Crippen LogP contribution is -2.11. The molecule has 0 saturated carbocycles. The number of fused-ring (bicyclic) bond motifs is 1. The summed E-state index contributed by atoms with van der Waals surface area (Å²) >= 11 is 1.54. The van der Waals surface area contributed by atoms with E-state index in [1.165, 1.54) is 17.8 Å². The van der Waals surface area contributed by atoms with Crippen LogP contribution < -0.4 is 10.9 Å². The SMILES string of the molecule is O=C(Nc1ccc2oc(=O)ccc2c1)c1ccc(Sc2ccccn2)cc1. The number of benzene rings is 2. The number of nitrogens with zero attached hydrogens (tertiary/aromatic N) is 1. The zero-order valence-electron chi connectivity index (χ0n) is 14.1. The van der Waals surface area contributed by atoms with Crippen LogP contribution in [-0.2, 0) is 0 Å². The van der Waals surface area contributed by atoms with Gasteiger partial charge in [-0.3, -0.25) is 4.79 Å². The van der Waals surface area contributed by atoms with Crippen LogP contribution in [-0.4, -0.2) is 10.9 Å². The van der Waals surface area contributed by atoms with Crippen LogP contribution >= 0.6 is 11.8 Å². The maximum atomic E-state index is 12.5. The topological polar surface area (TPSA) is 72.2 Å². The maximum absolute atomic E-state index is 12.5. The van der Waals surface area contributed by atoms with Crippen molar-refractivity contribution in [2.75, 3.05) is 5.32 Å². The van der Waals surface area contributed by atoms with Gasteiger partial charge in [-0.25, -0.2) is 9.78 Å². The number of aromatic nitrogens is 1. The summed E-state index contributed by atoms with van der Waals surface area (Å²) in [6.45, 7) is 0. The third-order valence-corrected chi connectivity index (χ3v) is 4.81. The summed E-state index contributed by atoms with van der Waals surface area (Å²) in [6.07, 6.45) is 1.75. The molecule has 6 heteroatoms. The molecule has 27 heavy (non-hydrogen) atoms. The Morgan fingerprint density at radius 1 is 0.963 bits per heavy atom. The lowest BCUT2D eigenvalue weighted by atomic mass is 10.2. The van der Waals surface area contributed by atoms with Gasteiger partial charge in [0.1, 0.15) is 10.6 Å². The lowest BCUT2D eigenvalue weighted by molar-refractivity contribution is 0.102. The molecule has 2 heterocycles. The molecule has 1 N–H and O–H groups in total. The molecule has 0 atom stereocenters. The van der Waals surface area contributed by atoms with Gasteiger partial charge in [-0.2, -0.15) is 0 Å². The Balaban J connectivity index is 1.48. The van der Waals surface area contributed by atoms with E-state index in [9.17, 15) is 9.59 Å². The predicted molar refractivity (Wildman–Crippen MR) is 105 cm³/mol. The minimum absolute atomic E-state index is 0.207. The maximum Gasteiger partial charge on any atom is 0.336 e. The Labute approximate surface area is 159 Å². The van der Waals surface area contributed by atoms with Gasteiger partial charge in [-0.05, 0) is 60.7 Å². The van der Waals surface area contributed by atoms with Crippen LogP contribution in [0.2, 0.25) is 0 Å². The summed E-state index contributed by atoms with van der Waals surface area (Å²) in [4.78, 5) is 29.0. The fourth-order valence-electron chi connectivity index (χ4n) is 2.56. The number of amides is 1. The highest BCUT2D eigenvalue weighted by molar-refractivity contribution is 7.99. The first-order valence-corrected chi connectivity index (χ1v) is 9.03. The first-order chi connectivity index (χ1) is 13.2. The van der Waals surface area contributed by atoms with Crippen LogP contribution in [0.3, 0.4) is 0 Å². The van der Waals surface area contributed by atoms with Crippen LogP contribution in [0.15, 0.2) is 98.1 Å². The molecular formula is C21H14N2O3S. The number of hydrogen-bond donors (Lipinski definition) is 1. The largest absolute Gasteiger partial charge is 0.423 e. The van der Waals surface area contributed by atoms with Gasteiger partial charge in [0, 0.05) is 33.8 Å². The molecule has 0 radical (unpaired) electrons.